The number of ether oxygens (including phenoxy) is 1. The average molecular weight is 397 g/mol. The van der Waals surface area contributed by atoms with Crippen LogP contribution in [0.4, 0.5) is 10.1 Å². The third-order valence-corrected chi connectivity index (χ3v) is 4.64. The molecule has 0 spiro atoms. The minimum absolute atomic E-state index is 0.156. The van der Waals surface area contributed by atoms with Gasteiger partial charge >= 0.3 is 5.97 Å². The largest absolute Gasteiger partial charge is 0.465 e. The molecule has 142 valence electrons. The van der Waals surface area contributed by atoms with Crippen LogP contribution in [0.15, 0.2) is 65.7 Å². The first-order valence-corrected chi connectivity index (χ1v) is 9.24. The van der Waals surface area contributed by atoms with Crippen LogP contribution in [0.1, 0.15) is 10.4 Å². The summed E-state index contributed by atoms with van der Waals surface area (Å²) < 4.78 is 17.6. The lowest BCUT2D eigenvalue weighted by molar-refractivity contribution is -0.113. The number of anilines is 1. The highest BCUT2D eigenvalue weighted by atomic mass is 32.2. The van der Waals surface area contributed by atoms with Crippen molar-refractivity contribution >= 4 is 29.3 Å². The summed E-state index contributed by atoms with van der Waals surface area (Å²) in [5.41, 5.74) is 2.38. The molecule has 8 heteroatoms. The Morgan fingerprint density at radius 1 is 1.00 bits per heavy atom. The first-order chi connectivity index (χ1) is 13.5. The summed E-state index contributed by atoms with van der Waals surface area (Å²) in [4.78, 5) is 23.5. The van der Waals surface area contributed by atoms with Gasteiger partial charge in [0.15, 0.2) is 0 Å². The monoisotopic (exact) mass is 397 g/mol. The smallest absolute Gasteiger partial charge is 0.337 e. The molecule has 1 N–H and O–H groups in total. The third-order valence-electron chi connectivity index (χ3n) is 3.72. The Bertz CT molecular complexity index is 961. The number of hydrogen-bond acceptors (Lipinski definition) is 6. The minimum Gasteiger partial charge on any atom is -0.465 e. The topological polar surface area (TPSA) is 81.2 Å². The van der Waals surface area contributed by atoms with Gasteiger partial charge in [0.2, 0.25) is 5.91 Å². The van der Waals surface area contributed by atoms with Crippen molar-refractivity contribution in [3.8, 4) is 11.3 Å². The van der Waals surface area contributed by atoms with E-state index in [9.17, 15) is 14.0 Å². The highest BCUT2D eigenvalue weighted by molar-refractivity contribution is 7.99. The van der Waals surface area contributed by atoms with Gasteiger partial charge < -0.3 is 10.1 Å². The molecule has 0 bridgehead atoms. The van der Waals surface area contributed by atoms with Gasteiger partial charge in [0.05, 0.1) is 24.1 Å². The van der Waals surface area contributed by atoms with Crippen molar-refractivity contribution in [2.45, 2.75) is 5.03 Å². The number of rotatable bonds is 6. The van der Waals surface area contributed by atoms with E-state index < -0.39 is 5.97 Å². The lowest BCUT2D eigenvalue weighted by Gasteiger charge is -2.06. The fourth-order valence-electron chi connectivity index (χ4n) is 2.32. The van der Waals surface area contributed by atoms with Crippen molar-refractivity contribution in [3.63, 3.8) is 0 Å². The van der Waals surface area contributed by atoms with Crippen molar-refractivity contribution in [3.05, 3.63) is 72.0 Å². The number of benzene rings is 2. The van der Waals surface area contributed by atoms with E-state index in [0.29, 0.717) is 22.0 Å². The molecule has 0 aliphatic carbocycles. The summed E-state index contributed by atoms with van der Waals surface area (Å²) in [5, 5.41) is 11.5. The maximum Gasteiger partial charge on any atom is 0.337 e. The lowest BCUT2D eigenvalue weighted by atomic mass is 10.1. The predicted octanol–water partition coefficient (Wildman–Crippen LogP) is 3.80. The number of methoxy groups -OCH3 is 1. The highest BCUT2D eigenvalue weighted by Crippen LogP contribution is 2.20. The Labute approximate surface area is 165 Å². The van der Waals surface area contributed by atoms with Gasteiger partial charge in [-0.2, -0.15) is 0 Å². The second-order valence-electron chi connectivity index (χ2n) is 5.67. The van der Waals surface area contributed by atoms with Crippen LogP contribution in [0.25, 0.3) is 11.3 Å². The van der Waals surface area contributed by atoms with Gasteiger partial charge in [-0.25, -0.2) is 9.18 Å². The third kappa shape index (κ3) is 5.14. The van der Waals surface area contributed by atoms with Gasteiger partial charge in [-0.1, -0.05) is 11.8 Å². The number of aromatic nitrogens is 2. The summed E-state index contributed by atoms with van der Waals surface area (Å²) in [6.07, 6.45) is 0. The first kappa shape index (κ1) is 19.5. The van der Waals surface area contributed by atoms with Crippen LogP contribution in [-0.4, -0.2) is 34.9 Å². The molecule has 0 aliphatic rings. The van der Waals surface area contributed by atoms with Gasteiger partial charge in [0.1, 0.15) is 10.8 Å². The molecule has 0 atom stereocenters. The molecule has 3 aromatic rings. The van der Waals surface area contributed by atoms with Crippen molar-refractivity contribution in [1.82, 2.24) is 10.2 Å². The van der Waals surface area contributed by atoms with E-state index in [2.05, 4.69) is 20.3 Å². The van der Waals surface area contributed by atoms with E-state index in [0.717, 1.165) is 5.56 Å². The van der Waals surface area contributed by atoms with Crippen LogP contribution in [0.3, 0.4) is 0 Å². The van der Waals surface area contributed by atoms with E-state index in [-0.39, 0.29) is 17.5 Å². The van der Waals surface area contributed by atoms with Crippen molar-refractivity contribution in [2.24, 2.45) is 0 Å². The molecular weight excluding hydrogens is 381 g/mol. The summed E-state index contributed by atoms with van der Waals surface area (Å²) in [6, 6.07) is 15.9. The van der Waals surface area contributed by atoms with E-state index in [1.165, 1.54) is 31.0 Å². The van der Waals surface area contributed by atoms with Gasteiger partial charge in [-0.3, -0.25) is 4.79 Å². The predicted molar refractivity (Wildman–Crippen MR) is 105 cm³/mol. The van der Waals surface area contributed by atoms with Gasteiger partial charge in [-0.05, 0) is 60.7 Å². The highest BCUT2D eigenvalue weighted by Gasteiger charge is 2.08. The molecule has 0 fully saturated rings. The molecule has 0 saturated carbocycles. The molecule has 28 heavy (non-hydrogen) atoms. The number of amides is 1. The van der Waals surface area contributed by atoms with E-state index >= 15 is 0 Å². The number of carbonyl (C=O) groups excluding carboxylic acids is 2. The molecule has 1 heterocycles. The number of nitrogens with zero attached hydrogens (tertiary/aromatic N) is 2. The summed E-state index contributed by atoms with van der Waals surface area (Å²) in [6.45, 7) is 0. The second-order valence-corrected chi connectivity index (χ2v) is 6.67. The number of esters is 1. The van der Waals surface area contributed by atoms with Gasteiger partial charge in [0.25, 0.3) is 0 Å². The molecule has 6 nitrogen and oxygen atoms in total. The SMILES string of the molecule is COC(=O)c1ccc(NC(=O)CSc2ccc(-c3ccc(F)cc3)nn2)cc1. The molecule has 0 saturated heterocycles. The van der Waals surface area contributed by atoms with E-state index in [1.54, 1.807) is 48.5 Å². The normalized spacial score (nSPS) is 10.4. The summed E-state index contributed by atoms with van der Waals surface area (Å²) in [7, 11) is 1.31. The van der Waals surface area contributed by atoms with E-state index in [4.69, 9.17) is 0 Å². The molecule has 0 unspecified atom stereocenters. The Kier molecular flexibility index (Phi) is 6.33. The fraction of sp³-hybridized carbons (Fsp3) is 0.100. The number of carbonyl (C=O) groups is 2. The summed E-state index contributed by atoms with van der Waals surface area (Å²) in [5.74, 6) is -0.797. The van der Waals surface area contributed by atoms with Gasteiger partial charge in [0, 0.05) is 11.3 Å². The Hall–Kier alpha value is -3.26. The van der Waals surface area contributed by atoms with Crippen LogP contribution in [0, 0.1) is 5.82 Å². The molecule has 0 aliphatic heterocycles. The summed E-state index contributed by atoms with van der Waals surface area (Å²) >= 11 is 1.25. The zero-order chi connectivity index (χ0) is 19.9. The van der Waals surface area contributed by atoms with Crippen LogP contribution in [0.5, 0.6) is 0 Å². The van der Waals surface area contributed by atoms with Crippen LogP contribution in [-0.2, 0) is 9.53 Å². The van der Waals surface area contributed by atoms with Crippen LogP contribution < -0.4 is 5.32 Å². The zero-order valence-corrected chi connectivity index (χ0v) is 15.7. The minimum atomic E-state index is -0.434. The van der Waals surface area contributed by atoms with Crippen LogP contribution >= 0.6 is 11.8 Å². The first-order valence-electron chi connectivity index (χ1n) is 8.26. The molecule has 3 rings (SSSR count). The van der Waals surface area contributed by atoms with E-state index in [1.807, 2.05) is 0 Å². The number of nitrogens with one attached hydrogen (secondary N) is 1. The Morgan fingerprint density at radius 2 is 1.71 bits per heavy atom. The maximum absolute atomic E-state index is 13.0. The average Bonchev–Trinajstić information content (AvgIpc) is 2.73. The molecule has 0 radical (unpaired) electrons. The Balaban J connectivity index is 1.53. The van der Waals surface area contributed by atoms with Crippen molar-refractivity contribution in [1.29, 1.82) is 0 Å². The standard InChI is InChI=1S/C20H16FN3O3S/c1-27-20(26)14-4-8-16(9-5-14)22-18(25)12-28-19-11-10-17(23-24-19)13-2-6-15(21)7-3-13/h2-11H,12H2,1H3,(H,22,25). The van der Waals surface area contributed by atoms with Crippen LogP contribution in [0.2, 0.25) is 0 Å². The fourth-order valence-corrected chi connectivity index (χ4v) is 2.93. The molecule has 1 aromatic heterocycles. The second kappa shape index (κ2) is 9.09. The molecule has 2 aromatic carbocycles. The maximum atomic E-state index is 13.0. The number of thioether (sulfide) groups is 1. The quantitative estimate of drug-likeness (QED) is 0.503. The lowest BCUT2D eigenvalue weighted by Crippen LogP contribution is -2.14. The zero-order valence-electron chi connectivity index (χ0n) is 14.9. The molecular formula is C20H16FN3O3S. The van der Waals surface area contributed by atoms with Crippen molar-refractivity contribution < 1.29 is 18.7 Å². The number of hydrogen-bond donors (Lipinski definition) is 1. The van der Waals surface area contributed by atoms with Crippen molar-refractivity contribution in [2.75, 3.05) is 18.2 Å². The number of halogens is 1. The Morgan fingerprint density at radius 3 is 2.32 bits per heavy atom. The van der Waals surface area contributed by atoms with Gasteiger partial charge in [-0.15, -0.1) is 10.2 Å². The molecule has 1 amide bonds.